The molecule has 1 unspecified atom stereocenters. The lowest BCUT2D eigenvalue weighted by atomic mass is 9.99. The minimum Gasteiger partial charge on any atom is -0.486 e. The Labute approximate surface area is 215 Å². The maximum Gasteiger partial charge on any atom is 0.291 e. The molecule has 1 N–H and O–H groups in total. The first-order valence-electron chi connectivity index (χ1n) is 12.0. The molecule has 3 aromatic carbocycles. The molecular weight excluding hydrogens is 472 g/mol. The highest BCUT2D eigenvalue weighted by Gasteiger charge is 2.17. The van der Waals surface area contributed by atoms with Crippen LogP contribution in [0.4, 0.5) is 11.4 Å². The molecule has 1 aromatic heterocycles. The van der Waals surface area contributed by atoms with E-state index in [1.807, 2.05) is 49.4 Å². The van der Waals surface area contributed by atoms with Gasteiger partial charge < -0.3 is 19.2 Å². The fourth-order valence-electron chi connectivity index (χ4n) is 3.67. The van der Waals surface area contributed by atoms with E-state index in [4.69, 9.17) is 13.9 Å². The molecule has 0 radical (unpaired) electrons. The Morgan fingerprint density at radius 1 is 1.03 bits per heavy atom. The van der Waals surface area contributed by atoms with Crippen LogP contribution >= 0.6 is 0 Å². The van der Waals surface area contributed by atoms with E-state index in [2.05, 4.69) is 19.2 Å². The van der Waals surface area contributed by atoms with E-state index in [-0.39, 0.29) is 29.5 Å². The average Bonchev–Trinajstić information content (AvgIpc) is 3.38. The summed E-state index contributed by atoms with van der Waals surface area (Å²) >= 11 is 0. The number of hydrogen-bond donors (Lipinski definition) is 1. The van der Waals surface area contributed by atoms with Gasteiger partial charge in [0.05, 0.1) is 16.7 Å². The highest BCUT2D eigenvalue weighted by Crippen LogP contribution is 2.31. The molecule has 0 spiro atoms. The van der Waals surface area contributed by atoms with Crippen LogP contribution in [0.2, 0.25) is 0 Å². The Bertz CT molecular complexity index is 1390. The number of para-hydroxylation sites is 1. The maximum atomic E-state index is 12.8. The highest BCUT2D eigenvalue weighted by molar-refractivity contribution is 6.02. The fraction of sp³-hybridized carbons (Fsp3) is 0.207. The summed E-state index contributed by atoms with van der Waals surface area (Å²) in [6, 6.07) is 22.5. The van der Waals surface area contributed by atoms with Gasteiger partial charge in [0.25, 0.3) is 11.6 Å². The summed E-state index contributed by atoms with van der Waals surface area (Å²) in [6.07, 6.45) is 1.06. The Balaban J connectivity index is 1.42. The number of nitrogens with zero attached hydrogens (tertiary/aromatic N) is 1. The van der Waals surface area contributed by atoms with Crippen LogP contribution in [0.25, 0.3) is 0 Å². The van der Waals surface area contributed by atoms with E-state index < -0.39 is 10.8 Å². The topological polar surface area (TPSA) is 104 Å². The highest BCUT2D eigenvalue weighted by atomic mass is 16.6. The van der Waals surface area contributed by atoms with Gasteiger partial charge in [-0.3, -0.25) is 14.9 Å². The first-order chi connectivity index (χ1) is 17.8. The molecule has 8 nitrogen and oxygen atoms in total. The van der Waals surface area contributed by atoms with E-state index in [0.717, 1.165) is 12.0 Å². The van der Waals surface area contributed by atoms with Crippen LogP contribution in [0.15, 0.2) is 83.3 Å². The number of nitrogens with one attached hydrogen (secondary N) is 1. The van der Waals surface area contributed by atoms with Crippen LogP contribution in [-0.4, -0.2) is 10.8 Å². The predicted molar refractivity (Wildman–Crippen MR) is 140 cm³/mol. The van der Waals surface area contributed by atoms with Crippen molar-refractivity contribution >= 4 is 17.3 Å². The number of carbonyl (C=O) groups excluding carboxylic acids is 1. The number of non-ortho nitro benzene ring substituents is 1. The molecule has 37 heavy (non-hydrogen) atoms. The van der Waals surface area contributed by atoms with Gasteiger partial charge in [0.2, 0.25) is 0 Å². The number of furan rings is 1. The second-order valence-corrected chi connectivity index (χ2v) is 8.73. The van der Waals surface area contributed by atoms with Crippen molar-refractivity contribution in [3.63, 3.8) is 0 Å². The zero-order valence-corrected chi connectivity index (χ0v) is 20.9. The van der Waals surface area contributed by atoms with E-state index >= 15 is 0 Å². The minimum atomic E-state index is -0.550. The molecule has 4 rings (SSSR count). The third-order valence-corrected chi connectivity index (χ3v) is 6.01. The first kappa shape index (κ1) is 25.5. The molecule has 0 aliphatic carbocycles. The van der Waals surface area contributed by atoms with Crippen LogP contribution in [0.1, 0.15) is 53.6 Å². The van der Waals surface area contributed by atoms with Crippen LogP contribution in [0.5, 0.6) is 17.2 Å². The number of nitro benzene ring substituents is 1. The number of nitro groups is 1. The SMILES string of the molecule is CCC(C)c1ccc(OCc2ccc(C(=O)Nc3cc(Oc4ccccc4C)cc([N+](=O)[O-])c3)o2)cc1. The molecule has 0 aliphatic heterocycles. The first-order valence-corrected chi connectivity index (χ1v) is 12.0. The fourth-order valence-corrected chi connectivity index (χ4v) is 3.67. The smallest absolute Gasteiger partial charge is 0.291 e. The van der Waals surface area contributed by atoms with Gasteiger partial charge in [0.1, 0.15) is 29.6 Å². The number of benzene rings is 3. The molecule has 190 valence electrons. The molecule has 0 bridgehead atoms. The molecule has 0 saturated carbocycles. The Morgan fingerprint density at radius 2 is 1.78 bits per heavy atom. The van der Waals surface area contributed by atoms with Gasteiger partial charge in [0, 0.05) is 12.1 Å². The van der Waals surface area contributed by atoms with Crippen LogP contribution in [0.3, 0.4) is 0 Å². The van der Waals surface area contributed by atoms with Crippen LogP contribution in [-0.2, 0) is 6.61 Å². The van der Waals surface area contributed by atoms with Gasteiger partial charge in [-0.1, -0.05) is 44.2 Å². The normalized spacial score (nSPS) is 11.5. The molecule has 1 amide bonds. The summed E-state index contributed by atoms with van der Waals surface area (Å²) in [4.78, 5) is 23.7. The van der Waals surface area contributed by atoms with Gasteiger partial charge in [-0.2, -0.15) is 0 Å². The van der Waals surface area contributed by atoms with Gasteiger partial charge >= 0.3 is 0 Å². The Hall–Kier alpha value is -4.59. The number of amides is 1. The lowest BCUT2D eigenvalue weighted by Crippen LogP contribution is -2.11. The van der Waals surface area contributed by atoms with Crippen molar-refractivity contribution in [1.29, 1.82) is 0 Å². The molecule has 0 saturated heterocycles. The van der Waals surface area contributed by atoms with E-state index in [9.17, 15) is 14.9 Å². The summed E-state index contributed by atoms with van der Waals surface area (Å²) in [7, 11) is 0. The zero-order valence-electron chi connectivity index (χ0n) is 20.9. The van der Waals surface area contributed by atoms with Gasteiger partial charge in [0.15, 0.2) is 5.76 Å². The van der Waals surface area contributed by atoms with E-state index in [0.29, 0.717) is 23.2 Å². The average molecular weight is 501 g/mol. The zero-order chi connectivity index (χ0) is 26.4. The Kier molecular flexibility index (Phi) is 7.88. The number of ether oxygens (including phenoxy) is 2. The second-order valence-electron chi connectivity index (χ2n) is 8.73. The quantitative estimate of drug-likeness (QED) is 0.177. The van der Waals surface area contributed by atoms with Crippen LogP contribution in [0, 0.1) is 17.0 Å². The third-order valence-electron chi connectivity index (χ3n) is 6.01. The van der Waals surface area contributed by atoms with Crippen molar-refractivity contribution in [2.75, 3.05) is 5.32 Å². The van der Waals surface area contributed by atoms with Gasteiger partial charge in [-0.25, -0.2) is 0 Å². The predicted octanol–water partition coefficient (Wildman–Crippen LogP) is 7.63. The van der Waals surface area contributed by atoms with E-state index in [1.165, 1.54) is 29.8 Å². The standard InChI is InChI=1S/C29H28N2O6/c1-4-19(2)21-9-11-24(12-10-21)35-18-25-13-14-28(36-25)29(32)30-22-15-23(31(33)34)17-26(16-22)37-27-8-6-5-7-20(27)3/h5-17,19H,4,18H2,1-3H3,(H,30,32). The van der Waals surface area contributed by atoms with E-state index in [1.54, 1.807) is 12.1 Å². The summed E-state index contributed by atoms with van der Waals surface area (Å²) in [5.74, 6) is 1.95. The van der Waals surface area contributed by atoms with Crippen molar-refractivity contribution < 1.29 is 23.6 Å². The summed E-state index contributed by atoms with van der Waals surface area (Å²) < 4.78 is 17.3. The molecule has 8 heteroatoms. The van der Waals surface area contributed by atoms with Crippen molar-refractivity contribution in [1.82, 2.24) is 0 Å². The molecule has 1 heterocycles. The number of anilines is 1. The summed E-state index contributed by atoms with van der Waals surface area (Å²) in [5.41, 5.74) is 2.12. The molecular formula is C29H28N2O6. The molecule has 0 aliphatic rings. The number of carbonyl (C=O) groups is 1. The third kappa shape index (κ3) is 6.55. The largest absolute Gasteiger partial charge is 0.486 e. The van der Waals surface area contributed by atoms with Gasteiger partial charge in [-0.15, -0.1) is 0 Å². The number of rotatable bonds is 10. The lowest BCUT2D eigenvalue weighted by molar-refractivity contribution is -0.384. The van der Waals surface area contributed by atoms with Crippen molar-refractivity contribution in [3.8, 4) is 17.2 Å². The second kappa shape index (κ2) is 11.4. The van der Waals surface area contributed by atoms with Gasteiger partial charge in [-0.05, 0) is 60.7 Å². The van der Waals surface area contributed by atoms with Crippen molar-refractivity contribution in [3.05, 3.63) is 112 Å². The monoisotopic (exact) mass is 500 g/mol. The van der Waals surface area contributed by atoms with Crippen molar-refractivity contribution in [2.24, 2.45) is 0 Å². The molecule has 0 fully saturated rings. The maximum absolute atomic E-state index is 12.8. The molecule has 4 aromatic rings. The summed E-state index contributed by atoms with van der Waals surface area (Å²) in [6.45, 7) is 6.35. The molecule has 1 atom stereocenters. The number of aryl methyl sites for hydroxylation is 1. The lowest BCUT2D eigenvalue weighted by Gasteiger charge is -2.11. The Morgan fingerprint density at radius 3 is 2.49 bits per heavy atom. The minimum absolute atomic E-state index is 0.0543. The summed E-state index contributed by atoms with van der Waals surface area (Å²) in [5, 5.41) is 14.1. The number of hydrogen-bond acceptors (Lipinski definition) is 6. The van der Waals surface area contributed by atoms with Crippen LogP contribution < -0.4 is 14.8 Å². The van der Waals surface area contributed by atoms with Crippen molar-refractivity contribution in [2.45, 2.75) is 39.7 Å².